The van der Waals surface area contributed by atoms with E-state index in [1.165, 1.54) is 12.7 Å². The molecule has 0 saturated carbocycles. The first-order chi connectivity index (χ1) is 10.0. The van der Waals surface area contributed by atoms with Crippen LogP contribution in [0.25, 0.3) is 0 Å². The maximum atomic E-state index is 12.2. The number of ether oxygens (including phenoxy) is 1. The van der Waals surface area contributed by atoms with E-state index >= 15 is 0 Å². The van der Waals surface area contributed by atoms with E-state index in [0.717, 1.165) is 21.3 Å². The molecule has 21 heavy (non-hydrogen) atoms. The number of hydrogen-bond acceptors (Lipinski definition) is 3. The van der Waals surface area contributed by atoms with Gasteiger partial charge < -0.3 is 10.1 Å². The van der Waals surface area contributed by atoms with Crippen molar-refractivity contribution in [2.24, 2.45) is 0 Å². The summed E-state index contributed by atoms with van der Waals surface area (Å²) in [6.07, 6.45) is 0. The Labute approximate surface area is 133 Å². The number of hydrogen-bond donors (Lipinski definition) is 1. The fourth-order valence-corrected chi connectivity index (χ4v) is 2.66. The number of para-hydroxylation sites is 1. The molecule has 0 aliphatic heterocycles. The molecule has 0 radical (unpaired) electrons. The molecule has 0 amide bonds. The maximum Gasteiger partial charge on any atom is 0.332 e. The normalized spacial score (nSPS) is 11.8. The van der Waals surface area contributed by atoms with Crippen LogP contribution in [0.3, 0.4) is 0 Å². The smallest absolute Gasteiger partial charge is 0.332 e. The summed E-state index contributed by atoms with van der Waals surface area (Å²) in [6.45, 7) is 4.03. The molecule has 4 heteroatoms. The summed E-state index contributed by atoms with van der Waals surface area (Å²) in [7, 11) is 1.40. The Hall–Kier alpha value is -1.81. The zero-order valence-electron chi connectivity index (χ0n) is 12.3. The first kappa shape index (κ1) is 15.6. The lowest BCUT2D eigenvalue weighted by atomic mass is 9.99. The Morgan fingerprint density at radius 3 is 2.52 bits per heavy atom. The van der Waals surface area contributed by atoms with Gasteiger partial charge in [0.25, 0.3) is 0 Å². The van der Waals surface area contributed by atoms with Crippen molar-refractivity contribution in [2.75, 3.05) is 12.4 Å². The predicted octanol–water partition coefficient (Wildman–Crippen LogP) is 4.39. The molecule has 0 heterocycles. The third-order valence-corrected chi connectivity index (χ3v) is 4.04. The molecule has 0 spiro atoms. The van der Waals surface area contributed by atoms with Gasteiger partial charge in [0.05, 0.1) is 7.11 Å². The summed E-state index contributed by atoms with van der Waals surface area (Å²) in [5.74, 6) is -0.308. The second-order valence-corrected chi connectivity index (χ2v) is 5.79. The number of halogens is 1. The van der Waals surface area contributed by atoms with Crippen LogP contribution >= 0.6 is 15.9 Å². The van der Waals surface area contributed by atoms with Gasteiger partial charge in [0.15, 0.2) is 6.04 Å². The fourth-order valence-electron chi connectivity index (χ4n) is 2.26. The third kappa shape index (κ3) is 3.64. The summed E-state index contributed by atoms with van der Waals surface area (Å²) in [5.41, 5.74) is 4.00. The molecule has 0 saturated heterocycles. The van der Waals surface area contributed by atoms with Gasteiger partial charge in [-0.1, -0.05) is 35.9 Å². The van der Waals surface area contributed by atoms with Crippen molar-refractivity contribution in [1.82, 2.24) is 0 Å². The van der Waals surface area contributed by atoms with Gasteiger partial charge in [0, 0.05) is 10.2 Å². The van der Waals surface area contributed by atoms with Crippen LogP contribution in [0.15, 0.2) is 46.9 Å². The van der Waals surface area contributed by atoms with Crippen molar-refractivity contribution in [2.45, 2.75) is 19.9 Å². The number of aryl methyl sites for hydroxylation is 2. The Morgan fingerprint density at radius 1 is 1.19 bits per heavy atom. The van der Waals surface area contributed by atoms with Crippen molar-refractivity contribution >= 4 is 27.6 Å². The molecular weight excluding hydrogens is 330 g/mol. The SMILES string of the molecule is COC(=O)C(Nc1ccccc1Br)c1ccc(C)cc1C. The first-order valence-corrected chi connectivity index (χ1v) is 7.48. The molecule has 2 aromatic rings. The van der Waals surface area contributed by atoms with E-state index in [2.05, 4.69) is 27.3 Å². The van der Waals surface area contributed by atoms with Crippen molar-refractivity contribution in [3.8, 4) is 0 Å². The standard InChI is InChI=1S/C17H18BrNO2/c1-11-8-9-13(12(2)10-11)16(17(20)21-3)19-15-7-5-4-6-14(15)18/h4-10,16,19H,1-3H3. The number of methoxy groups -OCH3 is 1. The van der Waals surface area contributed by atoms with Gasteiger partial charge in [-0.25, -0.2) is 4.79 Å². The molecule has 0 aromatic heterocycles. The highest BCUT2D eigenvalue weighted by molar-refractivity contribution is 9.10. The zero-order valence-corrected chi connectivity index (χ0v) is 13.9. The predicted molar refractivity (Wildman–Crippen MR) is 88.4 cm³/mol. The van der Waals surface area contributed by atoms with E-state index in [1.54, 1.807) is 0 Å². The Morgan fingerprint density at radius 2 is 1.90 bits per heavy atom. The lowest BCUT2D eigenvalue weighted by Crippen LogP contribution is -2.23. The monoisotopic (exact) mass is 347 g/mol. The minimum atomic E-state index is -0.533. The molecule has 110 valence electrons. The molecule has 0 aliphatic carbocycles. The van der Waals surface area contributed by atoms with Crippen molar-refractivity contribution in [3.63, 3.8) is 0 Å². The van der Waals surface area contributed by atoms with Gasteiger partial charge in [-0.05, 0) is 53.0 Å². The van der Waals surface area contributed by atoms with Crippen LogP contribution in [0, 0.1) is 13.8 Å². The second-order valence-electron chi connectivity index (χ2n) is 4.94. The summed E-state index contributed by atoms with van der Waals surface area (Å²) in [4.78, 5) is 12.2. The van der Waals surface area contributed by atoms with E-state index in [9.17, 15) is 4.79 Å². The highest BCUT2D eigenvalue weighted by Crippen LogP contribution is 2.28. The van der Waals surface area contributed by atoms with Crippen LogP contribution in [0.2, 0.25) is 0 Å². The minimum Gasteiger partial charge on any atom is -0.467 e. The van der Waals surface area contributed by atoms with Gasteiger partial charge in [0.1, 0.15) is 0 Å². The second kappa shape index (κ2) is 6.76. The molecular formula is C17H18BrNO2. The van der Waals surface area contributed by atoms with Crippen LogP contribution < -0.4 is 5.32 Å². The zero-order chi connectivity index (χ0) is 15.4. The number of carbonyl (C=O) groups is 1. The quantitative estimate of drug-likeness (QED) is 0.833. The van der Waals surface area contributed by atoms with Crippen LogP contribution in [0.4, 0.5) is 5.69 Å². The van der Waals surface area contributed by atoms with Gasteiger partial charge in [0.2, 0.25) is 0 Å². The average molecular weight is 348 g/mol. The van der Waals surface area contributed by atoms with Gasteiger partial charge in [-0.2, -0.15) is 0 Å². The average Bonchev–Trinajstić information content (AvgIpc) is 2.46. The molecule has 1 unspecified atom stereocenters. The topological polar surface area (TPSA) is 38.3 Å². The Balaban J connectivity index is 2.40. The number of carbonyl (C=O) groups excluding carboxylic acids is 1. The molecule has 0 aliphatic rings. The molecule has 1 N–H and O–H groups in total. The molecule has 0 bridgehead atoms. The number of benzene rings is 2. The summed E-state index contributed by atoms with van der Waals surface area (Å²) in [6, 6.07) is 13.2. The van der Waals surface area contributed by atoms with E-state index in [4.69, 9.17) is 4.74 Å². The van der Waals surface area contributed by atoms with Crippen LogP contribution in [-0.2, 0) is 9.53 Å². The highest BCUT2D eigenvalue weighted by Gasteiger charge is 2.23. The number of esters is 1. The van der Waals surface area contributed by atoms with E-state index in [0.29, 0.717) is 0 Å². The maximum absolute atomic E-state index is 12.2. The first-order valence-electron chi connectivity index (χ1n) is 6.69. The van der Waals surface area contributed by atoms with Crippen LogP contribution in [0.5, 0.6) is 0 Å². The van der Waals surface area contributed by atoms with Gasteiger partial charge in [-0.3, -0.25) is 0 Å². The molecule has 3 nitrogen and oxygen atoms in total. The number of rotatable bonds is 4. The van der Waals surface area contributed by atoms with E-state index in [1.807, 2.05) is 50.2 Å². The van der Waals surface area contributed by atoms with Crippen LogP contribution in [-0.4, -0.2) is 13.1 Å². The largest absolute Gasteiger partial charge is 0.467 e. The van der Waals surface area contributed by atoms with Crippen molar-refractivity contribution < 1.29 is 9.53 Å². The van der Waals surface area contributed by atoms with Crippen LogP contribution in [0.1, 0.15) is 22.7 Å². The summed E-state index contributed by atoms with van der Waals surface area (Å²) in [5, 5.41) is 3.25. The van der Waals surface area contributed by atoms with Gasteiger partial charge >= 0.3 is 5.97 Å². The molecule has 2 rings (SSSR count). The lowest BCUT2D eigenvalue weighted by molar-refractivity contribution is -0.141. The Kier molecular flexibility index (Phi) is 5.02. The van der Waals surface area contributed by atoms with Crippen molar-refractivity contribution in [1.29, 1.82) is 0 Å². The molecule has 1 atom stereocenters. The third-order valence-electron chi connectivity index (χ3n) is 3.35. The summed E-state index contributed by atoms with van der Waals surface area (Å²) >= 11 is 3.48. The minimum absolute atomic E-state index is 0.308. The number of nitrogens with one attached hydrogen (secondary N) is 1. The van der Waals surface area contributed by atoms with E-state index in [-0.39, 0.29) is 5.97 Å². The lowest BCUT2D eigenvalue weighted by Gasteiger charge is -2.21. The molecule has 2 aromatic carbocycles. The Bertz CT molecular complexity index is 655. The summed E-state index contributed by atoms with van der Waals surface area (Å²) < 4.78 is 5.85. The molecule has 0 fully saturated rings. The number of anilines is 1. The van der Waals surface area contributed by atoms with Gasteiger partial charge in [-0.15, -0.1) is 0 Å². The fraction of sp³-hybridized carbons (Fsp3) is 0.235. The van der Waals surface area contributed by atoms with Crippen molar-refractivity contribution in [3.05, 3.63) is 63.6 Å². The highest BCUT2D eigenvalue weighted by atomic mass is 79.9. The van der Waals surface area contributed by atoms with E-state index < -0.39 is 6.04 Å².